The average molecular weight is 401 g/mol. The van der Waals surface area contributed by atoms with Crippen molar-refractivity contribution >= 4 is 40.9 Å². The number of carbonyl (C=O) groups is 1. The van der Waals surface area contributed by atoms with Gasteiger partial charge in [-0.3, -0.25) is 4.79 Å². The van der Waals surface area contributed by atoms with E-state index in [0.29, 0.717) is 22.0 Å². The largest absolute Gasteiger partial charge is 0.457 e. The molecule has 0 atom stereocenters. The highest BCUT2D eigenvalue weighted by Crippen LogP contribution is 2.27. The number of nitrogens with zero attached hydrogens (tertiary/aromatic N) is 1. The first-order chi connectivity index (χ1) is 13.0. The topological polar surface area (TPSA) is 66.0 Å². The van der Waals surface area contributed by atoms with Gasteiger partial charge in [0.05, 0.1) is 10.7 Å². The summed E-state index contributed by atoms with van der Waals surface area (Å²) in [6, 6.07) is 15.5. The molecule has 134 valence electrons. The number of furan rings is 1. The Bertz CT molecular complexity index is 1080. The fourth-order valence-corrected chi connectivity index (χ4v) is 2.75. The van der Waals surface area contributed by atoms with Crippen molar-refractivity contribution in [3.63, 3.8) is 0 Å². The highest BCUT2D eigenvalue weighted by molar-refractivity contribution is 6.36. The van der Waals surface area contributed by atoms with Crippen LogP contribution in [0, 0.1) is 17.1 Å². The molecule has 1 N–H and O–H groups in total. The highest BCUT2D eigenvalue weighted by atomic mass is 35.5. The number of rotatable bonds is 4. The normalized spacial score (nSPS) is 11.1. The van der Waals surface area contributed by atoms with Gasteiger partial charge in [0.2, 0.25) is 0 Å². The van der Waals surface area contributed by atoms with Crippen molar-refractivity contribution in [1.29, 1.82) is 5.26 Å². The third-order valence-corrected chi connectivity index (χ3v) is 4.11. The van der Waals surface area contributed by atoms with Crippen molar-refractivity contribution in [2.45, 2.75) is 0 Å². The molecule has 2 aromatic carbocycles. The van der Waals surface area contributed by atoms with Gasteiger partial charge < -0.3 is 9.73 Å². The quantitative estimate of drug-likeness (QED) is 0.435. The molecule has 1 amide bonds. The monoisotopic (exact) mass is 400 g/mol. The Hall–Kier alpha value is -3.07. The molecule has 0 saturated heterocycles. The minimum Gasteiger partial charge on any atom is -0.457 e. The maximum absolute atomic E-state index is 13.3. The fraction of sp³-hybridized carbons (Fsp3) is 0. The van der Waals surface area contributed by atoms with E-state index in [1.165, 1.54) is 30.3 Å². The van der Waals surface area contributed by atoms with Crippen LogP contribution in [0.1, 0.15) is 5.76 Å². The molecule has 0 saturated carbocycles. The summed E-state index contributed by atoms with van der Waals surface area (Å²) in [5, 5.41) is 12.5. The highest BCUT2D eigenvalue weighted by Gasteiger charge is 2.13. The van der Waals surface area contributed by atoms with Crippen LogP contribution in [0.15, 0.2) is 64.6 Å². The molecule has 0 spiro atoms. The van der Waals surface area contributed by atoms with E-state index in [1.54, 1.807) is 30.3 Å². The smallest absolute Gasteiger partial charge is 0.266 e. The molecule has 4 nitrogen and oxygen atoms in total. The number of carbonyl (C=O) groups excluding carboxylic acids is 1. The lowest BCUT2D eigenvalue weighted by Gasteiger charge is -2.06. The van der Waals surface area contributed by atoms with Crippen LogP contribution in [0.5, 0.6) is 0 Å². The predicted octanol–water partition coefficient (Wildman–Crippen LogP) is 5.94. The Kier molecular flexibility index (Phi) is 5.60. The minimum atomic E-state index is -0.648. The van der Waals surface area contributed by atoms with E-state index in [9.17, 15) is 14.4 Å². The van der Waals surface area contributed by atoms with Crippen LogP contribution in [0.4, 0.5) is 10.1 Å². The maximum atomic E-state index is 13.3. The van der Waals surface area contributed by atoms with E-state index in [-0.39, 0.29) is 16.4 Å². The molecule has 3 aromatic rings. The standard InChI is InChI=1S/C20H11Cl2FN2O2/c21-14-4-6-18(17(22)10-14)25-20(26)13(11-24)9-16-5-7-19(27-16)12-2-1-3-15(23)8-12/h1-10H,(H,25,26)/b13-9-. The second-order valence-corrected chi connectivity index (χ2v) is 6.30. The van der Waals surface area contributed by atoms with Gasteiger partial charge in [0, 0.05) is 16.7 Å². The van der Waals surface area contributed by atoms with E-state index in [0.717, 1.165) is 0 Å². The number of halogens is 3. The van der Waals surface area contributed by atoms with Gasteiger partial charge in [0.25, 0.3) is 5.91 Å². The summed E-state index contributed by atoms with van der Waals surface area (Å²) in [5.41, 5.74) is 0.693. The molecule has 0 aliphatic heterocycles. The third kappa shape index (κ3) is 4.56. The predicted molar refractivity (Wildman–Crippen MR) is 103 cm³/mol. The summed E-state index contributed by atoms with van der Waals surface area (Å²) in [5.74, 6) is -0.342. The van der Waals surface area contributed by atoms with Crippen LogP contribution in [-0.4, -0.2) is 5.91 Å². The van der Waals surface area contributed by atoms with Crippen molar-refractivity contribution in [1.82, 2.24) is 0 Å². The third-order valence-electron chi connectivity index (χ3n) is 3.57. The summed E-state index contributed by atoms with van der Waals surface area (Å²) < 4.78 is 18.9. The van der Waals surface area contributed by atoms with Crippen molar-refractivity contribution in [3.8, 4) is 17.4 Å². The lowest BCUT2D eigenvalue weighted by Crippen LogP contribution is -2.13. The van der Waals surface area contributed by atoms with Crippen molar-refractivity contribution < 1.29 is 13.6 Å². The molecule has 1 aromatic heterocycles. The summed E-state index contributed by atoms with van der Waals surface area (Å²) >= 11 is 11.8. The van der Waals surface area contributed by atoms with Gasteiger partial charge in [-0.1, -0.05) is 35.3 Å². The number of amides is 1. The van der Waals surface area contributed by atoms with E-state index in [1.807, 2.05) is 6.07 Å². The summed E-state index contributed by atoms with van der Waals surface area (Å²) in [7, 11) is 0. The number of hydrogen-bond acceptors (Lipinski definition) is 3. The lowest BCUT2D eigenvalue weighted by molar-refractivity contribution is -0.112. The Balaban J connectivity index is 1.82. The second kappa shape index (κ2) is 8.09. The number of nitriles is 1. The fourth-order valence-electron chi connectivity index (χ4n) is 2.30. The molecular weight excluding hydrogens is 390 g/mol. The van der Waals surface area contributed by atoms with Gasteiger partial charge in [0.15, 0.2) is 0 Å². The number of anilines is 1. The average Bonchev–Trinajstić information content (AvgIpc) is 3.10. The molecule has 0 radical (unpaired) electrons. The first kappa shape index (κ1) is 18.7. The van der Waals surface area contributed by atoms with E-state index in [2.05, 4.69) is 5.32 Å². The van der Waals surface area contributed by atoms with Gasteiger partial charge in [-0.2, -0.15) is 5.26 Å². The van der Waals surface area contributed by atoms with Crippen molar-refractivity contribution in [3.05, 3.63) is 81.8 Å². The molecule has 0 unspecified atom stereocenters. The van der Waals surface area contributed by atoms with E-state index >= 15 is 0 Å². The molecule has 0 aliphatic rings. The minimum absolute atomic E-state index is 0.179. The Morgan fingerprint density at radius 3 is 2.67 bits per heavy atom. The van der Waals surface area contributed by atoms with Gasteiger partial charge in [0.1, 0.15) is 29.0 Å². The van der Waals surface area contributed by atoms with Crippen molar-refractivity contribution in [2.75, 3.05) is 5.32 Å². The lowest BCUT2D eigenvalue weighted by atomic mass is 10.2. The maximum Gasteiger partial charge on any atom is 0.266 e. The van der Waals surface area contributed by atoms with Crippen LogP contribution < -0.4 is 5.32 Å². The first-order valence-electron chi connectivity index (χ1n) is 7.70. The zero-order chi connectivity index (χ0) is 19.4. The first-order valence-corrected chi connectivity index (χ1v) is 8.46. The van der Waals surface area contributed by atoms with Gasteiger partial charge in [-0.15, -0.1) is 0 Å². The zero-order valence-corrected chi connectivity index (χ0v) is 15.2. The molecule has 7 heteroatoms. The van der Waals surface area contributed by atoms with Gasteiger partial charge in [-0.25, -0.2) is 4.39 Å². The summed E-state index contributed by atoms with van der Waals surface area (Å²) in [4.78, 5) is 12.3. The van der Waals surface area contributed by atoms with Gasteiger partial charge in [-0.05, 0) is 42.5 Å². The number of nitrogens with one attached hydrogen (secondary N) is 1. The van der Waals surface area contributed by atoms with Gasteiger partial charge >= 0.3 is 0 Å². The molecule has 1 heterocycles. The SMILES string of the molecule is N#C/C(=C/c1ccc(-c2cccc(F)c2)o1)C(=O)Nc1ccc(Cl)cc1Cl. The van der Waals surface area contributed by atoms with Crippen LogP contribution in [0.25, 0.3) is 17.4 Å². The Labute approximate surface area is 164 Å². The van der Waals surface area contributed by atoms with Crippen LogP contribution in [0.3, 0.4) is 0 Å². The molecule has 3 rings (SSSR count). The second-order valence-electron chi connectivity index (χ2n) is 5.46. The number of hydrogen-bond donors (Lipinski definition) is 1. The van der Waals surface area contributed by atoms with Crippen molar-refractivity contribution in [2.24, 2.45) is 0 Å². The molecular formula is C20H11Cl2FN2O2. The van der Waals surface area contributed by atoms with Crippen LogP contribution in [-0.2, 0) is 4.79 Å². The Morgan fingerprint density at radius 2 is 1.96 bits per heavy atom. The van der Waals surface area contributed by atoms with Crippen LogP contribution in [0.2, 0.25) is 10.0 Å². The molecule has 0 aliphatic carbocycles. The Morgan fingerprint density at radius 1 is 1.15 bits per heavy atom. The van der Waals surface area contributed by atoms with E-state index in [4.69, 9.17) is 27.6 Å². The van der Waals surface area contributed by atoms with E-state index < -0.39 is 11.7 Å². The molecule has 0 bridgehead atoms. The number of benzene rings is 2. The summed E-state index contributed by atoms with van der Waals surface area (Å²) in [6.07, 6.45) is 1.29. The zero-order valence-electron chi connectivity index (χ0n) is 13.7. The van der Waals surface area contributed by atoms with Crippen LogP contribution >= 0.6 is 23.2 Å². The molecule has 27 heavy (non-hydrogen) atoms. The summed E-state index contributed by atoms with van der Waals surface area (Å²) in [6.45, 7) is 0. The molecule has 0 fully saturated rings.